The lowest BCUT2D eigenvalue weighted by Gasteiger charge is -2.39. The first-order chi connectivity index (χ1) is 22.2. The van der Waals surface area contributed by atoms with Crippen molar-refractivity contribution in [2.45, 2.75) is 90.0 Å². The summed E-state index contributed by atoms with van der Waals surface area (Å²) in [4.78, 5) is 36.9. The van der Waals surface area contributed by atoms with Crippen LogP contribution >= 0.6 is 34.8 Å². The lowest BCUT2D eigenvalue weighted by Crippen LogP contribution is -2.57. The predicted octanol–water partition coefficient (Wildman–Crippen LogP) is 8.66. The molecule has 1 aromatic heterocycles. The molecule has 4 N–H and O–H groups in total. The Morgan fingerprint density at radius 3 is 2.02 bits per heavy atom. The third kappa shape index (κ3) is 9.78. The smallest absolute Gasteiger partial charge is 0.261 e. The van der Waals surface area contributed by atoms with Gasteiger partial charge in [-0.15, -0.1) is 0 Å². The summed E-state index contributed by atoms with van der Waals surface area (Å²) in [6.07, 6.45) is 4.77. The molecule has 7 nitrogen and oxygen atoms in total. The number of Topliss-reactive ketones (excluding diaryl/α,β-unsaturated/α-hetero) is 1. The number of ketones is 1. The van der Waals surface area contributed by atoms with Crippen LogP contribution < -0.4 is 11.5 Å². The van der Waals surface area contributed by atoms with Crippen molar-refractivity contribution in [1.29, 1.82) is 0 Å². The number of hydrogen-bond acceptors (Lipinski definition) is 4. The molecule has 0 atom stereocenters. The fraction of sp³-hybridized carbons (Fsp3) is 0.457. The van der Waals surface area contributed by atoms with Crippen LogP contribution in [0.15, 0.2) is 48.5 Å². The zero-order chi connectivity index (χ0) is 34.9. The lowest BCUT2D eigenvalue weighted by molar-refractivity contribution is -0.132. The molecule has 0 unspecified atom stereocenters. The highest BCUT2D eigenvalue weighted by atomic mass is 35.5. The number of halogens is 5. The number of aromatic nitrogens is 1. The van der Waals surface area contributed by atoms with E-state index in [0.717, 1.165) is 35.5 Å². The molecule has 12 heteroatoms. The SMILES string of the molecule is CC(=O)c1cc(-c2ccc(Cl)cc2Cl)n(-c2ccc(Cl)cc2)c1CCCCC(N)=O.CCCC(CCC)(C(N)=O)N1CCC(F)(F)C1. The van der Waals surface area contributed by atoms with Gasteiger partial charge in [0.2, 0.25) is 11.8 Å². The van der Waals surface area contributed by atoms with E-state index in [2.05, 4.69) is 0 Å². The van der Waals surface area contributed by atoms with Gasteiger partial charge in [0.05, 0.1) is 17.3 Å². The molecule has 0 spiro atoms. The summed E-state index contributed by atoms with van der Waals surface area (Å²) in [5.41, 5.74) is 13.8. The minimum atomic E-state index is -2.68. The second-order valence-electron chi connectivity index (χ2n) is 12.0. The molecule has 2 heterocycles. The van der Waals surface area contributed by atoms with Gasteiger partial charge < -0.3 is 16.0 Å². The van der Waals surface area contributed by atoms with E-state index < -0.39 is 17.4 Å². The van der Waals surface area contributed by atoms with Gasteiger partial charge in [-0.1, -0.05) is 61.5 Å². The van der Waals surface area contributed by atoms with Gasteiger partial charge in [0.15, 0.2) is 5.78 Å². The first-order valence-corrected chi connectivity index (χ1v) is 17.0. The van der Waals surface area contributed by atoms with Crippen molar-refractivity contribution in [3.8, 4) is 16.9 Å². The van der Waals surface area contributed by atoms with E-state index in [4.69, 9.17) is 46.3 Å². The summed E-state index contributed by atoms with van der Waals surface area (Å²) in [5, 5.41) is 1.64. The van der Waals surface area contributed by atoms with E-state index in [-0.39, 0.29) is 31.2 Å². The zero-order valence-electron chi connectivity index (χ0n) is 27.1. The molecule has 1 saturated heterocycles. The van der Waals surface area contributed by atoms with Crippen molar-refractivity contribution in [3.63, 3.8) is 0 Å². The van der Waals surface area contributed by atoms with Crippen LogP contribution in [0.1, 0.15) is 88.2 Å². The average Bonchev–Trinajstić information content (AvgIpc) is 3.56. The Morgan fingerprint density at radius 2 is 1.53 bits per heavy atom. The molecule has 1 aliphatic rings. The second kappa shape index (κ2) is 16.9. The number of unbranched alkanes of at least 4 members (excludes halogenated alkanes) is 1. The van der Waals surface area contributed by atoms with Crippen LogP contribution in [0.5, 0.6) is 0 Å². The molecule has 2 amide bonds. The summed E-state index contributed by atoms with van der Waals surface area (Å²) >= 11 is 18.7. The molecule has 0 saturated carbocycles. The van der Waals surface area contributed by atoms with Gasteiger partial charge in [0, 0.05) is 51.9 Å². The Labute approximate surface area is 290 Å². The van der Waals surface area contributed by atoms with Crippen molar-refractivity contribution in [2.75, 3.05) is 13.1 Å². The van der Waals surface area contributed by atoms with E-state index >= 15 is 0 Å². The van der Waals surface area contributed by atoms with Gasteiger partial charge >= 0.3 is 0 Å². The van der Waals surface area contributed by atoms with Crippen molar-refractivity contribution in [2.24, 2.45) is 11.5 Å². The molecule has 1 aliphatic heterocycles. The molecule has 3 aromatic rings. The molecule has 0 bridgehead atoms. The topological polar surface area (TPSA) is 111 Å². The maximum absolute atomic E-state index is 13.3. The normalized spacial score (nSPS) is 14.5. The van der Waals surface area contributed by atoms with Crippen LogP contribution in [0.4, 0.5) is 8.78 Å². The molecule has 0 aliphatic carbocycles. The maximum Gasteiger partial charge on any atom is 0.261 e. The number of benzene rings is 2. The number of nitrogens with two attached hydrogens (primary N) is 2. The van der Waals surface area contributed by atoms with E-state index in [0.29, 0.717) is 59.2 Å². The Morgan fingerprint density at radius 1 is 0.915 bits per heavy atom. The molecule has 47 heavy (non-hydrogen) atoms. The fourth-order valence-corrected chi connectivity index (χ4v) is 6.88. The highest BCUT2D eigenvalue weighted by Crippen LogP contribution is 2.38. The third-order valence-electron chi connectivity index (χ3n) is 8.42. The van der Waals surface area contributed by atoms with Crippen LogP contribution in [0, 0.1) is 0 Å². The highest BCUT2D eigenvalue weighted by molar-refractivity contribution is 6.36. The minimum Gasteiger partial charge on any atom is -0.370 e. The first-order valence-electron chi connectivity index (χ1n) is 15.8. The molecular formula is C35H43Cl3F2N4O3. The molecule has 256 valence electrons. The quantitative estimate of drug-likeness (QED) is 0.129. The fourth-order valence-electron chi connectivity index (χ4n) is 6.25. The van der Waals surface area contributed by atoms with Crippen LogP contribution in [-0.2, 0) is 16.0 Å². The predicted molar refractivity (Wildman–Crippen MR) is 186 cm³/mol. The number of rotatable bonds is 14. The van der Waals surface area contributed by atoms with Crippen molar-refractivity contribution in [3.05, 3.63) is 74.9 Å². The number of alkyl halides is 2. The van der Waals surface area contributed by atoms with Gasteiger partial charge in [-0.3, -0.25) is 19.3 Å². The highest BCUT2D eigenvalue weighted by Gasteiger charge is 2.49. The van der Waals surface area contributed by atoms with Crippen molar-refractivity contribution in [1.82, 2.24) is 9.47 Å². The molecular weight excluding hydrogens is 669 g/mol. The van der Waals surface area contributed by atoms with Gasteiger partial charge in [-0.2, -0.15) is 0 Å². The minimum absolute atomic E-state index is 0.0426. The zero-order valence-corrected chi connectivity index (χ0v) is 29.3. The van der Waals surface area contributed by atoms with E-state index in [9.17, 15) is 23.2 Å². The number of likely N-dealkylation sites (tertiary alicyclic amines) is 1. The number of hydrogen-bond donors (Lipinski definition) is 2. The molecule has 1 fully saturated rings. The Balaban J connectivity index is 0.000000300. The summed E-state index contributed by atoms with van der Waals surface area (Å²) in [6.45, 7) is 5.36. The molecule has 4 rings (SSSR count). The average molecular weight is 712 g/mol. The number of carbonyl (C=O) groups is 3. The number of primary amides is 2. The summed E-state index contributed by atoms with van der Waals surface area (Å²) in [7, 11) is 0. The summed E-state index contributed by atoms with van der Waals surface area (Å²) < 4.78 is 28.6. The van der Waals surface area contributed by atoms with Gasteiger partial charge in [-0.25, -0.2) is 8.78 Å². The number of carbonyl (C=O) groups excluding carboxylic acids is 3. The Hall–Kier alpha value is -2.98. The third-order valence-corrected chi connectivity index (χ3v) is 9.22. The first kappa shape index (κ1) is 38.5. The van der Waals surface area contributed by atoms with Crippen LogP contribution in [-0.4, -0.2) is 51.6 Å². The van der Waals surface area contributed by atoms with Gasteiger partial charge in [0.1, 0.15) is 5.54 Å². The molecule has 2 aromatic carbocycles. The lowest BCUT2D eigenvalue weighted by atomic mass is 9.86. The standard InChI is InChI=1S/C23H21Cl3N2O2.C12H22F2N2O/c1-14(29)19-13-22(18-11-8-16(25)12-20(18)26)28(17-9-6-15(24)7-10-17)21(19)4-2-3-5-23(27)30;1-3-5-11(6-4-2,10(15)17)16-8-7-12(13,14)9-16/h6-13H,2-5H2,1H3,(H2,27,30);3-9H2,1-2H3,(H2,15,17). The van der Waals surface area contributed by atoms with Crippen LogP contribution in [0.25, 0.3) is 16.9 Å². The number of amides is 2. The van der Waals surface area contributed by atoms with Gasteiger partial charge in [0.25, 0.3) is 5.92 Å². The Kier molecular flexibility index (Phi) is 13.8. The molecule has 0 radical (unpaired) electrons. The van der Waals surface area contributed by atoms with Crippen LogP contribution in [0.2, 0.25) is 15.1 Å². The summed E-state index contributed by atoms with van der Waals surface area (Å²) in [6, 6.07) is 14.5. The van der Waals surface area contributed by atoms with Crippen molar-refractivity contribution < 1.29 is 23.2 Å². The van der Waals surface area contributed by atoms with E-state index in [1.165, 1.54) is 0 Å². The maximum atomic E-state index is 13.3. The number of nitrogens with zero attached hydrogens (tertiary/aromatic N) is 2. The monoisotopic (exact) mass is 710 g/mol. The van der Waals surface area contributed by atoms with E-state index in [1.54, 1.807) is 36.1 Å². The van der Waals surface area contributed by atoms with Gasteiger partial charge in [-0.05, 0) is 87.6 Å². The Bertz CT molecular complexity index is 1550. The largest absolute Gasteiger partial charge is 0.370 e. The van der Waals surface area contributed by atoms with Crippen LogP contribution in [0.3, 0.4) is 0 Å². The second-order valence-corrected chi connectivity index (χ2v) is 13.3. The van der Waals surface area contributed by atoms with E-state index in [1.807, 2.05) is 42.7 Å². The van der Waals surface area contributed by atoms with Crippen molar-refractivity contribution >= 4 is 52.4 Å². The summed E-state index contributed by atoms with van der Waals surface area (Å²) in [5.74, 6) is -3.51.